The summed E-state index contributed by atoms with van der Waals surface area (Å²) < 4.78 is 27.3. The van der Waals surface area contributed by atoms with Crippen LogP contribution in [-0.4, -0.2) is 40.5 Å². The van der Waals surface area contributed by atoms with Crippen molar-refractivity contribution in [3.05, 3.63) is 28.8 Å². The second-order valence-electron chi connectivity index (χ2n) is 6.20. The van der Waals surface area contributed by atoms with Gasteiger partial charge in [0.05, 0.1) is 5.02 Å². The number of hydrogen-bond acceptors (Lipinski definition) is 4. The number of nitrogens with two attached hydrogens (primary N) is 1. The van der Waals surface area contributed by atoms with Crippen LogP contribution in [-0.2, 0) is 16.6 Å². The molecule has 5 nitrogen and oxygen atoms in total. The molecule has 0 aliphatic rings. The highest BCUT2D eigenvalue weighted by atomic mass is 35.5. The van der Waals surface area contributed by atoms with Gasteiger partial charge in [-0.1, -0.05) is 31.5 Å². The lowest BCUT2D eigenvalue weighted by Gasteiger charge is -2.28. The second kappa shape index (κ2) is 7.07. The van der Waals surface area contributed by atoms with Crippen LogP contribution in [0.4, 0.5) is 0 Å². The zero-order chi connectivity index (χ0) is 16.3. The van der Waals surface area contributed by atoms with E-state index in [2.05, 4.69) is 4.72 Å². The van der Waals surface area contributed by atoms with Gasteiger partial charge < -0.3 is 10.6 Å². The Morgan fingerprint density at radius 2 is 1.95 bits per heavy atom. The van der Waals surface area contributed by atoms with Crippen LogP contribution in [0.25, 0.3) is 0 Å². The van der Waals surface area contributed by atoms with Gasteiger partial charge in [-0.25, -0.2) is 13.1 Å². The predicted octanol–water partition coefficient (Wildman–Crippen LogP) is 1.66. The molecule has 21 heavy (non-hydrogen) atoms. The van der Waals surface area contributed by atoms with Gasteiger partial charge in [-0.3, -0.25) is 0 Å². The average molecular weight is 334 g/mol. The van der Waals surface area contributed by atoms with Crippen molar-refractivity contribution in [3.8, 4) is 0 Å². The molecule has 0 unspecified atom stereocenters. The van der Waals surface area contributed by atoms with Gasteiger partial charge in [0, 0.05) is 19.6 Å². The Labute approximate surface area is 132 Å². The molecule has 1 rings (SSSR count). The molecule has 0 spiro atoms. The fraction of sp³-hybridized carbons (Fsp3) is 0.571. The normalized spacial score (nSPS) is 12.9. The minimum absolute atomic E-state index is 0.0852. The zero-order valence-electron chi connectivity index (χ0n) is 13.0. The lowest BCUT2D eigenvalue weighted by atomic mass is 9.93. The maximum absolute atomic E-state index is 12.3. The summed E-state index contributed by atoms with van der Waals surface area (Å²) >= 11 is 6.04. The minimum atomic E-state index is -3.63. The Kier molecular flexibility index (Phi) is 6.19. The number of nitrogens with zero attached hydrogens (tertiary/aromatic N) is 1. The number of sulfonamides is 1. The van der Waals surface area contributed by atoms with Crippen molar-refractivity contribution in [2.45, 2.75) is 25.3 Å². The Bertz CT molecular complexity index is 586. The molecule has 0 radical (unpaired) electrons. The SMILES string of the molecule is CN(C)CC(C)(C)CNS(=O)(=O)c1ccc(CN)cc1Cl. The Balaban J connectivity index is 2.87. The van der Waals surface area contributed by atoms with Gasteiger partial charge in [-0.2, -0.15) is 0 Å². The van der Waals surface area contributed by atoms with Crippen molar-refractivity contribution in [2.75, 3.05) is 27.2 Å². The Hall–Kier alpha value is -0.660. The summed E-state index contributed by atoms with van der Waals surface area (Å²) in [7, 11) is 0.288. The standard InChI is InChI=1S/C14H24ClN3O2S/c1-14(2,10-18(3)4)9-17-21(19,20)13-6-5-11(8-16)7-12(13)15/h5-7,17H,8-10,16H2,1-4H3. The molecule has 0 aromatic heterocycles. The number of nitrogens with one attached hydrogen (secondary N) is 1. The van der Waals surface area contributed by atoms with E-state index in [1.165, 1.54) is 6.07 Å². The maximum Gasteiger partial charge on any atom is 0.242 e. The maximum atomic E-state index is 12.3. The van der Waals surface area contributed by atoms with E-state index in [1.54, 1.807) is 12.1 Å². The van der Waals surface area contributed by atoms with Crippen molar-refractivity contribution < 1.29 is 8.42 Å². The molecule has 120 valence electrons. The third-order valence-electron chi connectivity index (χ3n) is 3.01. The predicted molar refractivity (Wildman–Crippen MR) is 86.9 cm³/mol. The molecule has 0 atom stereocenters. The monoisotopic (exact) mass is 333 g/mol. The summed E-state index contributed by atoms with van der Waals surface area (Å²) in [5, 5.41) is 0.191. The van der Waals surface area contributed by atoms with Gasteiger partial charge in [0.2, 0.25) is 10.0 Å². The first kappa shape index (κ1) is 18.4. The first-order chi connectivity index (χ1) is 9.57. The van der Waals surface area contributed by atoms with Crippen LogP contribution in [0.3, 0.4) is 0 Å². The first-order valence-corrected chi connectivity index (χ1v) is 8.56. The molecule has 0 amide bonds. The molecule has 0 heterocycles. The lowest BCUT2D eigenvalue weighted by Crippen LogP contribution is -2.40. The Morgan fingerprint density at radius 3 is 2.43 bits per heavy atom. The molecule has 0 bridgehead atoms. The van der Waals surface area contributed by atoms with Crippen LogP contribution in [0.5, 0.6) is 0 Å². The number of rotatable bonds is 7. The van der Waals surface area contributed by atoms with E-state index in [1.807, 2.05) is 32.8 Å². The fourth-order valence-electron chi connectivity index (χ4n) is 2.17. The third-order valence-corrected chi connectivity index (χ3v) is 4.89. The molecule has 1 aromatic carbocycles. The van der Waals surface area contributed by atoms with Crippen molar-refractivity contribution in [1.82, 2.24) is 9.62 Å². The third kappa shape index (κ3) is 5.56. The van der Waals surface area contributed by atoms with Crippen LogP contribution < -0.4 is 10.5 Å². The molecule has 0 aliphatic heterocycles. The highest BCUT2D eigenvalue weighted by molar-refractivity contribution is 7.89. The average Bonchev–Trinajstić information content (AvgIpc) is 2.34. The van der Waals surface area contributed by atoms with Gasteiger partial charge in [-0.05, 0) is 37.2 Å². The number of benzene rings is 1. The highest BCUT2D eigenvalue weighted by Crippen LogP contribution is 2.23. The highest BCUT2D eigenvalue weighted by Gasteiger charge is 2.24. The molecule has 0 aliphatic carbocycles. The summed E-state index contributed by atoms with van der Waals surface area (Å²) in [5.41, 5.74) is 6.13. The van der Waals surface area contributed by atoms with Crippen molar-refractivity contribution in [1.29, 1.82) is 0 Å². The van der Waals surface area contributed by atoms with E-state index in [-0.39, 0.29) is 15.3 Å². The van der Waals surface area contributed by atoms with Gasteiger partial charge in [0.25, 0.3) is 0 Å². The lowest BCUT2D eigenvalue weighted by molar-refractivity contribution is 0.242. The summed E-state index contributed by atoms with van der Waals surface area (Å²) in [5.74, 6) is 0. The van der Waals surface area contributed by atoms with E-state index in [0.29, 0.717) is 13.1 Å². The van der Waals surface area contributed by atoms with Crippen LogP contribution in [0.1, 0.15) is 19.4 Å². The molecular weight excluding hydrogens is 310 g/mol. The quantitative estimate of drug-likeness (QED) is 0.795. The summed E-state index contributed by atoms with van der Waals surface area (Å²) in [6, 6.07) is 4.75. The zero-order valence-corrected chi connectivity index (χ0v) is 14.6. The van der Waals surface area contributed by atoms with Crippen LogP contribution in [0, 0.1) is 5.41 Å². The first-order valence-electron chi connectivity index (χ1n) is 6.70. The molecule has 1 aromatic rings. The largest absolute Gasteiger partial charge is 0.326 e. The molecule has 0 saturated carbocycles. The molecule has 0 saturated heterocycles. The number of halogens is 1. The van der Waals surface area contributed by atoms with Crippen molar-refractivity contribution in [2.24, 2.45) is 11.1 Å². The van der Waals surface area contributed by atoms with Crippen LogP contribution in [0.15, 0.2) is 23.1 Å². The van der Waals surface area contributed by atoms with Gasteiger partial charge in [-0.15, -0.1) is 0 Å². The van der Waals surface area contributed by atoms with E-state index in [4.69, 9.17) is 17.3 Å². The summed E-state index contributed by atoms with van der Waals surface area (Å²) in [6.45, 7) is 5.45. The van der Waals surface area contributed by atoms with Crippen LogP contribution >= 0.6 is 11.6 Å². The van der Waals surface area contributed by atoms with Gasteiger partial charge in [0.1, 0.15) is 4.90 Å². The van der Waals surface area contributed by atoms with E-state index < -0.39 is 10.0 Å². The number of hydrogen-bond donors (Lipinski definition) is 2. The second-order valence-corrected chi connectivity index (χ2v) is 8.34. The van der Waals surface area contributed by atoms with Crippen molar-refractivity contribution in [3.63, 3.8) is 0 Å². The fourth-order valence-corrected chi connectivity index (χ4v) is 3.98. The summed E-state index contributed by atoms with van der Waals surface area (Å²) in [4.78, 5) is 2.11. The molecular formula is C14H24ClN3O2S. The molecule has 3 N–H and O–H groups in total. The van der Waals surface area contributed by atoms with Gasteiger partial charge in [0.15, 0.2) is 0 Å². The van der Waals surface area contributed by atoms with Gasteiger partial charge >= 0.3 is 0 Å². The molecule has 0 fully saturated rings. The van der Waals surface area contributed by atoms with Crippen LogP contribution in [0.2, 0.25) is 5.02 Å². The topological polar surface area (TPSA) is 75.4 Å². The molecule has 7 heteroatoms. The van der Waals surface area contributed by atoms with E-state index >= 15 is 0 Å². The summed E-state index contributed by atoms with van der Waals surface area (Å²) in [6.07, 6.45) is 0. The smallest absolute Gasteiger partial charge is 0.242 e. The van der Waals surface area contributed by atoms with E-state index in [9.17, 15) is 8.42 Å². The minimum Gasteiger partial charge on any atom is -0.326 e. The van der Waals surface area contributed by atoms with Crippen molar-refractivity contribution >= 4 is 21.6 Å². The van der Waals surface area contributed by atoms with E-state index in [0.717, 1.165) is 12.1 Å². The Morgan fingerprint density at radius 1 is 1.33 bits per heavy atom.